The van der Waals surface area contributed by atoms with Gasteiger partial charge in [-0.3, -0.25) is 4.79 Å². The van der Waals surface area contributed by atoms with E-state index in [1.807, 2.05) is 6.07 Å². The highest BCUT2D eigenvalue weighted by molar-refractivity contribution is 5.77. The third-order valence-corrected chi connectivity index (χ3v) is 4.93. The molecule has 0 unspecified atom stereocenters. The second kappa shape index (κ2) is 10.8. The molecule has 1 amide bonds. The van der Waals surface area contributed by atoms with E-state index in [9.17, 15) is 4.79 Å². The summed E-state index contributed by atoms with van der Waals surface area (Å²) in [6.45, 7) is 0.203. The number of nitrogens with one attached hydrogen (secondary N) is 1. The Kier molecular flexibility index (Phi) is 7.22. The zero-order chi connectivity index (χ0) is 24.6. The van der Waals surface area contributed by atoms with Gasteiger partial charge < -0.3 is 24.3 Å². The van der Waals surface area contributed by atoms with Gasteiger partial charge in [0.15, 0.2) is 18.1 Å². The minimum Gasteiger partial charge on any atom is -0.497 e. The van der Waals surface area contributed by atoms with Crippen molar-refractivity contribution < 1.29 is 23.7 Å². The van der Waals surface area contributed by atoms with Gasteiger partial charge in [-0.2, -0.15) is 9.78 Å². The molecule has 4 aromatic rings. The van der Waals surface area contributed by atoms with Gasteiger partial charge in [0.25, 0.3) is 5.91 Å². The van der Waals surface area contributed by atoms with Gasteiger partial charge in [-0.15, -0.1) is 15.3 Å². The van der Waals surface area contributed by atoms with Crippen molar-refractivity contribution in [1.82, 2.24) is 25.1 Å². The summed E-state index contributed by atoms with van der Waals surface area (Å²) < 4.78 is 23.4. The Balaban J connectivity index is 1.36. The van der Waals surface area contributed by atoms with E-state index in [0.29, 0.717) is 45.7 Å². The number of carbonyl (C=O) groups is 1. The first kappa shape index (κ1) is 23.3. The lowest BCUT2D eigenvalue weighted by Gasteiger charge is -2.10. The van der Waals surface area contributed by atoms with Gasteiger partial charge in [0.2, 0.25) is 5.88 Å². The fourth-order valence-corrected chi connectivity index (χ4v) is 3.23. The smallest absolute Gasteiger partial charge is 0.258 e. The highest BCUT2D eigenvalue weighted by Gasteiger charge is 2.16. The van der Waals surface area contributed by atoms with E-state index in [-0.39, 0.29) is 25.7 Å². The zero-order valence-corrected chi connectivity index (χ0v) is 19.1. The van der Waals surface area contributed by atoms with Gasteiger partial charge in [0.05, 0.1) is 31.9 Å². The quantitative estimate of drug-likeness (QED) is 0.344. The number of carbonyl (C=O) groups excluding carboxylic acids is 1. The van der Waals surface area contributed by atoms with Crippen LogP contribution in [0.5, 0.6) is 23.1 Å². The second-order valence-corrected chi connectivity index (χ2v) is 7.13. The largest absolute Gasteiger partial charge is 0.497 e. The van der Waals surface area contributed by atoms with Crippen LogP contribution in [0.15, 0.2) is 54.6 Å². The molecule has 0 aliphatic rings. The minimum absolute atomic E-state index is 0.180. The molecule has 0 bridgehead atoms. The van der Waals surface area contributed by atoms with Crippen molar-refractivity contribution in [1.29, 1.82) is 5.26 Å². The van der Waals surface area contributed by atoms with Crippen LogP contribution in [-0.2, 0) is 4.79 Å². The van der Waals surface area contributed by atoms with E-state index < -0.39 is 0 Å². The Morgan fingerprint density at radius 1 is 1.03 bits per heavy atom. The fourth-order valence-electron chi connectivity index (χ4n) is 3.23. The molecule has 11 heteroatoms. The first-order valence-electron chi connectivity index (χ1n) is 10.6. The van der Waals surface area contributed by atoms with E-state index >= 15 is 0 Å². The standard InChI is InChI=1S/C24H22N6O5/c1-32-17-7-8-20(33-2)18(13-17)24-28-27-21-9-10-23(29-30(21)24)34-12-11-26-22(31)15-35-19-6-4-3-5-16(19)14-25/h3-10,13H,11-12,15H2,1-2H3,(H,26,31). The molecule has 0 radical (unpaired) electrons. The lowest BCUT2D eigenvalue weighted by atomic mass is 10.2. The molecular weight excluding hydrogens is 452 g/mol. The third kappa shape index (κ3) is 5.39. The van der Waals surface area contributed by atoms with Crippen molar-refractivity contribution >= 4 is 11.6 Å². The maximum Gasteiger partial charge on any atom is 0.258 e. The van der Waals surface area contributed by atoms with Crippen LogP contribution >= 0.6 is 0 Å². The van der Waals surface area contributed by atoms with Gasteiger partial charge >= 0.3 is 0 Å². The summed E-state index contributed by atoms with van der Waals surface area (Å²) in [7, 11) is 3.14. The van der Waals surface area contributed by atoms with Crippen molar-refractivity contribution in [2.24, 2.45) is 0 Å². The van der Waals surface area contributed by atoms with Crippen molar-refractivity contribution in [3.8, 4) is 40.6 Å². The highest BCUT2D eigenvalue weighted by Crippen LogP contribution is 2.32. The average Bonchev–Trinajstić information content (AvgIpc) is 3.32. The molecule has 11 nitrogen and oxygen atoms in total. The van der Waals surface area contributed by atoms with Crippen LogP contribution in [-0.4, -0.2) is 59.7 Å². The van der Waals surface area contributed by atoms with Gasteiger partial charge in [-0.05, 0) is 36.4 Å². The average molecular weight is 474 g/mol. The van der Waals surface area contributed by atoms with E-state index in [1.54, 1.807) is 73.3 Å². The summed E-state index contributed by atoms with van der Waals surface area (Å²) in [5.74, 6) is 2.04. The van der Waals surface area contributed by atoms with Crippen molar-refractivity contribution in [2.75, 3.05) is 34.0 Å². The monoisotopic (exact) mass is 474 g/mol. The Morgan fingerprint density at radius 2 is 1.89 bits per heavy atom. The van der Waals surface area contributed by atoms with Gasteiger partial charge in [-0.1, -0.05) is 12.1 Å². The topological polar surface area (TPSA) is 133 Å². The van der Waals surface area contributed by atoms with Crippen LogP contribution in [0.4, 0.5) is 0 Å². The van der Waals surface area contributed by atoms with Crippen LogP contribution < -0.4 is 24.3 Å². The lowest BCUT2D eigenvalue weighted by Crippen LogP contribution is -2.32. The number of hydrogen-bond donors (Lipinski definition) is 1. The molecule has 0 spiro atoms. The Hall–Kier alpha value is -4.85. The molecule has 0 fully saturated rings. The fraction of sp³-hybridized carbons (Fsp3) is 0.208. The summed E-state index contributed by atoms with van der Waals surface area (Å²) in [6, 6.07) is 17.5. The van der Waals surface area contributed by atoms with E-state index in [0.717, 1.165) is 0 Å². The summed E-state index contributed by atoms with van der Waals surface area (Å²) in [4.78, 5) is 12.0. The van der Waals surface area contributed by atoms with E-state index in [2.05, 4.69) is 20.6 Å². The summed E-state index contributed by atoms with van der Waals surface area (Å²) >= 11 is 0. The van der Waals surface area contributed by atoms with E-state index in [1.165, 1.54) is 0 Å². The molecule has 4 rings (SSSR count). The SMILES string of the molecule is COc1ccc(OC)c(-c2nnc3ccc(OCCNC(=O)COc4ccccc4C#N)nn23)c1. The first-order chi connectivity index (χ1) is 17.1. The molecule has 0 saturated heterocycles. The van der Waals surface area contributed by atoms with Crippen LogP contribution in [0.2, 0.25) is 0 Å². The van der Waals surface area contributed by atoms with Crippen molar-refractivity contribution in [3.63, 3.8) is 0 Å². The molecule has 2 aromatic heterocycles. The number of methoxy groups -OCH3 is 2. The first-order valence-corrected chi connectivity index (χ1v) is 10.6. The minimum atomic E-state index is -0.337. The van der Waals surface area contributed by atoms with Gasteiger partial charge in [-0.25, -0.2) is 0 Å². The number of amides is 1. The summed E-state index contributed by atoms with van der Waals surface area (Å²) in [5.41, 5.74) is 1.56. The molecular formula is C24H22N6O5. The Bertz CT molecular complexity index is 1380. The predicted molar refractivity (Wildman–Crippen MR) is 124 cm³/mol. The van der Waals surface area contributed by atoms with Crippen molar-refractivity contribution in [2.45, 2.75) is 0 Å². The number of aromatic nitrogens is 4. The highest BCUT2D eigenvalue weighted by atomic mass is 16.5. The summed E-state index contributed by atoms with van der Waals surface area (Å²) in [5, 5.41) is 24.6. The maximum absolute atomic E-state index is 12.0. The van der Waals surface area contributed by atoms with Crippen LogP contribution in [0.25, 0.3) is 17.0 Å². The molecule has 178 valence electrons. The van der Waals surface area contributed by atoms with E-state index in [4.69, 9.17) is 24.2 Å². The van der Waals surface area contributed by atoms with Crippen molar-refractivity contribution in [3.05, 3.63) is 60.2 Å². The predicted octanol–water partition coefficient (Wildman–Crippen LogP) is 2.25. The number of para-hydroxylation sites is 1. The Labute approximate surface area is 200 Å². The number of benzene rings is 2. The molecule has 35 heavy (non-hydrogen) atoms. The zero-order valence-electron chi connectivity index (χ0n) is 19.1. The number of fused-ring (bicyclic) bond motifs is 1. The molecule has 2 aromatic carbocycles. The molecule has 0 aliphatic heterocycles. The van der Waals surface area contributed by atoms with Crippen LogP contribution in [0.1, 0.15) is 5.56 Å². The third-order valence-electron chi connectivity index (χ3n) is 4.93. The summed E-state index contributed by atoms with van der Waals surface area (Å²) in [6.07, 6.45) is 0. The maximum atomic E-state index is 12.0. The number of nitrogens with zero attached hydrogens (tertiary/aromatic N) is 5. The van der Waals surface area contributed by atoms with Gasteiger partial charge in [0.1, 0.15) is 29.9 Å². The van der Waals surface area contributed by atoms with Crippen LogP contribution in [0.3, 0.4) is 0 Å². The molecule has 0 aliphatic carbocycles. The number of rotatable bonds is 10. The lowest BCUT2D eigenvalue weighted by molar-refractivity contribution is -0.123. The normalized spacial score (nSPS) is 10.4. The van der Waals surface area contributed by atoms with Gasteiger partial charge in [0, 0.05) is 6.07 Å². The second-order valence-electron chi connectivity index (χ2n) is 7.13. The molecule has 0 saturated carbocycles. The number of ether oxygens (including phenoxy) is 4. The Morgan fingerprint density at radius 3 is 2.69 bits per heavy atom. The number of nitriles is 1. The molecule has 1 N–H and O–H groups in total. The molecule has 2 heterocycles. The number of hydrogen-bond acceptors (Lipinski definition) is 9. The molecule has 0 atom stereocenters. The van der Waals surface area contributed by atoms with Crippen LogP contribution in [0, 0.1) is 11.3 Å².